The summed E-state index contributed by atoms with van der Waals surface area (Å²) >= 11 is -5.00. The van der Waals surface area contributed by atoms with Crippen LogP contribution in [0.1, 0.15) is 76.7 Å². The van der Waals surface area contributed by atoms with Gasteiger partial charge in [-0.05, 0) is 6.42 Å². The fourth-order valence-electron chi connectivity index (χ4n) is 3.90. The zero-order valence-electron chi connectivity index (χ0n) is 21.8. The van der Waals surface area contributed by atoms with Crippen molar-refractivity contribution < 1.29 is 31.7 Å². The van der Waals surface area contributed by atoms with Gasteiger partial charge in [0.1, 0.15) is 0 Å². The third kappa shape index (κ3) is 11.6. The van der Waals surface area contributed by atoms with Crippen LogP contribution in [0.25, 0.3) is 0 Å². The molecule has 208 valence electrons. The van der Waals surface area contributed by atoms with Crippen LogP contribution in [0.5, 0.6) is 5.75 Å². The van der Waals surface area contributed by atoms with E-state index >= 15 is 0 Å². The third-order valence-corrected chi connectivity index (χ3v) is 8.12. The van der Waals surface area contributed by atoms with Crippen LogP contribution >= 0.6 is 0 Å². The van der Waals surface area contributed by atoms with Gasteiger partial charge < -0.3 is 5.11 Å². The molecule has 10 nitrogen and oxygen atoms in total. The minimum atomic E-state index is -5.00. The molecule has 0 bridgehead atoms. The summed E-state index contributed by atoms with van der Waals surface area (Å²) in [5, 5.41) is 30.3. The third-order valence-electron chi connectivity index (χ3n) is 6.08. The number of amides is 1. The fourth-order valence-corrected chi connectivity index (χ4v) is 5.03. The number of aliphatic carboxylic acids is 1. The smallest absolute Gasteiger partial charge is 0.480 e. The summed E-state index contributed by atoms with van der Waals surface area (Å²) in [4.78, 5) is 24.1. The number of nitrogens with zero attached hydrogens (tertiary/aromatic N) is 2. The average molecular weight is 592 g/mol. The Morgan fingerprint density at radius 3 is 2.08 bits per heavy atom. The number of benzene rings is 2. The first-order valence-electron chi connectivity index (χ1n) is 13.0. The molecule has 5 N–H and O–H groups in total. The number of unbranched alkanes of at least 4 members (excludes halogenated alkanes) is 8. The van der Waals surface area contributed by atoms with Crippen molar-refractivity contribution in [1.82, 2.24) is 5.32 Å². The van der Waals surface area contributed by atoms with E-state index in [-0.39, 0.29) is 34.5 Å². The maximum absolute atomic E-state index is 12.3. The van der Waals surface area contributed by atoms with Crippen molar-refractivity contribution in [2.45, 2.75) is 83.6 Å². The monoisotopic (exact) mass is 591 g/mol. The van der Waals surface area contributed by atoms with E-state index in [9.17, 15) is 31.7 Å². The quantitative estimate of drug-likeness (QED) is 0.103. The van der Waals surface area contributed by atoms with Gasteiger partial charge in [0.2, 0.25) is 5.91 Å². The minimum Gasteiger partial charge on any atom is -0.480 e. The molecule has 0 aromatic heterocycles. The second-order valence-corrected chi connectivity index (χ2v) is 12.7. The van der Waals surface area contributed by atoms with Crippen molar-refractivity contribution in [3.05, 3.63) is 48.0 Å². The molecule has 0 aliphatic carbocycles. The van der Waals surface area contributed by atoms with Crippen molar-refractivity contribution in [2.75, 3.05) is 0 Å². The van der Waals surface area contributed by atoms with Crippen molar-refractivity contribution in [1.29, 1.82) is 0 Å². The number of carbonyl (C=O) groups excluding carboxylic acids is 1. The second-order valence-electron chi connectivity index (χ2n) is 9.32. The van der Waals surface area contributed by atoms with Gasteiger partial charge in [-0.1, -0.05) is 58.3 Å². The molecule has 2 rings (SSSR count). The number of carboxylic acids is 1. The van der Waals surface area contributed by atoms with Crippen molar-refractivity contribution in [2.24, 2.45) is 10.2 Å². The molecule has 0 saturated carbocycles. The zero-order chi connectivity index (χ0) is 28.0. The molecule has 1 atom stereocenters. The molecule has 0 saturated heterocycles. The fraction of sp³-hybridized carbons (Fsp3) is 0.481. The molecule has 38 heavy (non-hydrogen) atoms. The van der Waals surface area contributed by atoms with E-state index < -0.39 is 26.2 Å². The molecule has 0 fully saturated rings. The molecule has 0 aliphatic rings. The molecule has 2 aromatic rings. The normalized spacial score (nSPS) is 12.5. The molecule has 0 aliphatic heterocycles. The summed E-state index contributed by atoms with van der Waals surface area (Å²) in [6.07, 6.45) is 10.4. The molecule has 0 spiro atoms. The Morgan fingerprint density at radius 2 is 1.50 bits per heavy atom. The molecule has 0 heterocycles. The first-order chi connectivity index (χ1) is 18.1. The Kier molecular flexibility index (Phi) is 13.3. The first kappa shape index (κ1) is 31.3. The first-order valence-corrected chi connectivity index (χ1v) is 16.4. The number of hydrogen-bond acceptors (Lipinski definition) is 6. The van der Waals surface area contributed by atoms with E-state index in [2.05, 4.69) is 22.5 Å². The summed E-state index contributed by atoms with van der Waals surface area (Å²) < 4.78 is 29.7. The van der Waals surface area contributed by atoms with Gasteiger partial charge in [0, 0.05) is 6.42 Å². The van der Waals surface area contributed by atoms with E-state index in [1.807, 2.05) is 0 Å². The Morgan fingerprint density at radius 1 is 0.895 bits per heavy atom. The van der Waals surface area contributed by atoms with E-state index in [0.29, 0.717) is 17.7 Å². The van der Waals surface area contributed by atoms with Crippen molar-refractivity contribution in [3.63, 3.8) is 0 Å². The summed E-state index contributed by atoms with van der Waals surface area (Å²) in [5.74, 6) is -1.64. The predicted octanol–water partition coefficient (Wildman–Crippen LogP) is 4.40. The van der Waals surface area contributed by atoms with Crippen LogP contribution in [0.3, 0.4) is 0 Å². The molecule has 1 amide bonds. The van der Waals surface area contributed by atoms with Gasteiger partial charge in [-0.3, -0.25) is 4.79 Å². The van der Waals surface area contributed by atoms with Gasteiger partial charge in [0.25, 0.3) is 0 Å². The van der Waals surface area contributed by atoms with Gasteiger partial charge in [0.05, 0.1) is 0 Å². The molecular weight excluding hydrogens is 553 g/mol. The van der Waals surface area contributed by atoms with Crippen LogP contribution in [0.2, 0.25) is 0 Å². The zero-order valence-corrected chi connectivity index (χ0v) is 23.6. The van der Waals surface area contributed by atoms with Crippen LogP contribution in [-0.2, 0) is 19.7 Å². The van der Waals surface area contributed by atoms with Gasteiger partial charge in [-0.25, -0.2) is 4.79 Å². The van der Waals surface area contributed by atoms with Gasteiger partial charge in [-0.15, -0.1) is 0 Å². The molecule has 0 radical (unpaired) electrons. The molecular formula is C27H38AsN3O7. The standard InChI is InChI=1S/C27H38AsN3O7/c1-2-3-4-5-6-7-8-9-10-11-26(33)29-24(27(34)35)19-20-12-17-25(32)23(18-20)31-30-22-15-13-21(14-16-22)28(36,37)38/h12-18,24,32H,2-11,19H2,1H3,(H,29,33)(H,34,35)(H2,36,37,38)/t24-/m0/s1. The number of aromatic hydroxyl groups is 1. The molecule has 11 heteroatoms. The van der Waals surface area contributed by atoms with E-state index in [0.717, 1.165) is 19.3 Å². The summed E-state index contributed by atoms with van der Waals surface area (Å²) in [6.45, 7) is 2.19. The van der Waals surface area contributed by atoms with Crippen LogP contribution in [0.4, 0.5) is 11.4 Å². The minimum absolute atomic E-state index is 0.000635. The van der Waals surface area contributed by atoms with Crippen LogP contribution in [0, 0.1) is 0 Å². The Hall–Kier alpha value is -2.94. The Labute approximate surface area is 226 Å². The van der Waals surface area contributed by atoms with Crippen LogP contribution in [0.15, 0.2) is 52.7 Å². The molecule has 2 aromatic carbocycles. The number of rotatable bonds is 17. The number of phenols is 1. The predicted molar refractivity (Wildman–Crippen MR) is 144 cm³/mol. The maximum atomic E-state index is 12.3. The van der Waals surface area contributed by atoms with Crippen LogP contribution in [-0.4, -0.2) is 50.5 Å². The number of carbonyl (C=O) groups is 2. The summed E-state index contributed by atoms with van der Waals surface area (Å²) in [7, 11) is 0. The van der Waals surface area contributed by atoms with E-state index in [1.54, 1.807) is 6.07 Å². The number of azo groups is 1. The van der Waals surface area contributed by atoms with Gasteiger partial charge >= 0.3 is 135 Å². The summed E-state index contributed by atoms with van der Waals surface area (Å²) in [6, 6.07) is 8.58. The second kappa shape index (κ2) is 16.1. The number of nitrogens with one attached hydrogen (secondary N) is 1. The molecule has 0 unspecified atom stereocenters. The van der Waals surface area contributed by atoms with Gasteiger partial charge in [-0.2, -0.15) is 0 Å². The van der Waals surface area contributed by atoms with Gasteiger partial charge in [0.15, 0.2) is 0 Å². The van der Waals surface area contributed by atoms with Crippen molar-refractivity contribution in [3.8, 4) is 5.75 Å². The Balaban J connectivity index is 1.88. The van der Waals surface area contributed by atoms with Crippen LogP contribution < -0.4 is 9.67 Å². The van der Waals surface area contributed by atoms with E-state index in [4.69, 9.17) is 0 Å². The summed E-state index contributed by atoms with van der Waals surface area (Å²) in [5.41, 5.74) is 0.942. The van der Waals surface area contributed by atoms with Crippen molar-refractivity contribution >= 4 is 41.8 Å². The topological polar surface area (TPSA) is 169 Å². The number of phenolic OH excluding ortho intramolecular Hbond substituents is 1. The average Bonchev–Trinajstić information content (AvgIpc) is 2.87. The SMILES string of the molecule is CCCCCCCCCCCC(=O)N[C@@H](Cc1ccc(O)c(N=Nc2ccc([As](=O)(O)O)cc2)c1)C(=O)O. The number of carboxylic acid groups (broad SMARTS) is 1. The number of hydrogen-bond donors (Lipinski definition) is 5. The Bertz CT molecular complexity index is 1120. The van der Waals surface area contributed by atoms with E-state index in [1.165, 1.54) is 68.5 Å².